The summed E-state index contributed by atoms with van der Waals surface area (Å²) in [5.74, 6) is 1.85. The van der Waals surface area contributed by atoms with Crippen molar-refractivity contribution < 1.29 is 14.2 Å². The summed E-state index contributed by atoms with van der Waals surface area (Å²) in [6, 6.07) is 16.5. The highest BCUT2D eigenvalue weighted by molar-refractivity contribution is 5.35. The van der Waals surface area contributed by atoms with Crippen LogP contribution in [0.15, 0.2) is 48.5 Å². The highest BCUT2D eigenvalue weighted by Gasteiger charge is 2.14. The van der Waals surface area contributed by atoms with E-state index in [2.05, 4.69) is 29.6 Å². The summed E-state index contributed by atoms with van der Waals surface area (Å²) in [6.07, 6.45) is 2.06. The fourth-order valence-electron chi connectivity index (χ4n) is 2.83. The highest BCUT2D eigenvalue weighted by Crippen LogP contribution is 2.21. The van der Waals surface area contributed by atoms with E-state index in [9.17, 15) is 0 Å². The minimum absolute atomic E-state index is 0.133. The molecule has 4 nitrogen and oxygen atoms in total. The van der Waals surface area contributed by atoms with E-state index >= 15 is 0 Å². The Hall–Kier alpha value is -2.04. The smallest absolute Gasteiger partial charge is 0.122 e. The van der Waals surface area contributed by atoms with E-state index in [0.29, 0.717) is 6.61 Å². The Bertz CT molecular complexity index is 621. The minimum atomic E-state index is 0.133. The van der Waals surface area contributed by atoms with Crippen molar-refractivity contribution in [3.63, 3.8) is 0 Å². The monoisotopic (exact) mass is 327 g/mol. The summed E-state index contributed by atoms with van der Waals surface area (Å²) in [7, 11) is 1.69. The Balaban J connectivity index is 1.56. The van der Waals surface area contributed by atoms with Gasteiger partial charge in [0.05, 0.1) is 13.7 Å². The average molecular weight is 327 g/mol. The van der Waals surface area contributed by atoms with E-state index in [4.69, 9.17) is 14.2 Å². The van der Waals surface area contributed by atoms with Gasteiger partial charge < -0.3 is 19.5 Å². The van der Waals surface area contributed by atoms with Crippen molar-refractivity contribution in [3.8, 4) is 11.5 Å². The fourth-order valence-corrected chi connectivity index (χ4v) is 2.83. The van der Waals surface area contributed by atoms with Crippen molar-refractivity contribution in [1.82, 2.24) is 5.32 Å². The molecular formula is C20H25NO3. The molecule has 0 spiro atoms. The summed E-state index contributed by atoms with van der Waals surface area (Å²) in [4.78, 5) is 0. The lowest BCUT2D eigenvalue weighted by Crippen LogP contribution is -2.41. The second kappa shape index (κ2) is 8.71. The lowest BCUT2D eigenvalue weighted by Gasteiger charge is -2.24. The van der Waals surface area contributed by atoms with E-state index in [0.717, 1.165) is 44.0 Å². The van der Waals surface area contributed by atoms with Gasteiger partial charge in [-0.25, -0.2) is 0 Å². The zero-order chi connectivity index (χ0) is 16.6. The molecular weight excluding hydrogens is 302 g/mol. The third-order valence-electron chi connectivity index (χ3n) is 4.24. The predicted octanol–water partition coefficient (Wildman–Crippen LogP) is 2.85. The van der Waals surface area contributed by atoms with Crippen molar-refractivity contribution in [2.45, 2.75) is 18.9 Å². The van der Waals surface area contributed by atoms with E-state index in [1.807, 2.05) is 24.3 Å². The maximum atomic E-state index is 6.02. The second-order valence-corrected chi connectivity index (χ2v) is 5.96. The van der Waals surface area contributed by atoms with Gasteiger partial charge in [-0.1, -0.05) is 30.3 Å². The lowest BCUT2D eigenvalue weighted by molar-refractivity contribution is 0.0000137. The molecule has 0 amide bonds. The third-order valence-corrected chi connectivity index (χ3v) is 4.24. The van der Waals surface area contributed by atoms with Crippen molar-refractivity contribution in [2.24, 2.45) is 0 Å². The van der Waals surface area contributed by atoms with Crippen LogP contribution in [0.25, 0.3) is 0 Å². The van der Waals surface area contributed by atoms with Crippen molar-refractivity contribution in [1.29, 1.82) is 0 Å². The van der Waals surface area contributed by atoms with Gasteiger partial charge >= 0.3 is 0 Å². The van der Waals surface area contributed by atoms with Crippen molar-refractivity contribution in [3.05, 3.63) is 59.7 Å². The maximum absolute atomic E-state index is 6.02. The van der Waals surface area contributed by atoms with Crippen molar-refractivity contribution >= 4 is 0 Å². The molecule has 0 saturated carbocycles. The van der Waals surface area contributed by atoms with E-state index in [1.54, 1.807) is 7.11 Å². The van der Waals surface area contributed by atoms with Crippen LogP contribution in [0.1, 0.15) is 11.1 Å². The molecule has 1 heterocycles. The number of nitrogens with one attached hydrogen (secondary N) is 1. The highest BCUT2D eigenvalue weighted by atomic mass is 16.5. The van der Waals surface area contributed by atoms with Crippen LogP contribution in [0, 0.1) is 0 Å². The molecule has 1 aliphatic heterocycles. The van der Waals surface area contributed by atoms with Gasteiger partial charge in [-0.3, -0.25) is 0 Å². The number of methoxy groups -OCH3 is 1. The Morgan fingerprint density at radius 3 is 2.67 bits per heavy atom. The van der Waals surface area contributed by atoms with E-state index in [-0.39, 0.29) is 6.10 Å². The second-order valence-electron chi connectivity index (χ2n) is 5.96. The topological polar surface area (TPSA) is 39.7 Å². The molecule has 0 bridgehead atoms. The SMILES string of the molecule is COc1ccc(CCc2ccccc2OC[C@@H]2CNCCO2)cc1. The molecule has 1 atom stereocenters. The minimum Gasteiger partial charge on any atom is -0.497 e. The standard InChI is InChI=1S/C20H25NO3/c1-22-18-10-7-16(8-11-18)6-9-17-4-2-3-5-20(17)24-15-19-14-21-12-13-23-19/h2-5,7-8,10-11,19,21H,6,9,12-15H2,1H3/t19-/m0/s1. The maximum Gasteiger partial charge on any atom is 0.122 e. The molecule has 0 radical (unpaired) electrons. The molecule has 4 heteroatoms. The number of para-hydroxylation sites is 1. The first-order chi connectivity index (χ1) is 11.8. The van der Waals surface area contributed by atoms with E-state index < -0.39 is 0 Å². The summed E-state index contributed by atoms with van der Waals surface area (Å²) in [5.41, 5.74) is 2.53. The van der Waals surface area contributed by atoms with Gasteiger partial charge in [-0.15, -0.1) is 0 Å². The van der Waals surface area contributed by atoms with E-state index in [1.165, 1.54) is 11.1 Å². The molecule has 1 N–H and O–H groups in total. The Morgan fingerprint density at radius 2 is 1.92 bits per heavy atom. The molecule has 24 heavy (non-hydrogen) atoms. The van der Waals surface area contributed by atoms with Crippen LogP contribution in [0.2, 0.25) is 0 Å². The zero-order valence-corrected chi connectivity index (χ0v) is 14.2. The average Bonchev–Trinajstić information content (AvgIpc) is 2.66. The number of ether oxygens (including phenoxy) is 3. The number of aryl methyl sites for hydroxylation is 2. The van der Waals surface area contributed by atoms with Crippen LogP contribution in [0.3, 0.4) is 0 Å². The first-order valence-corrected chi connectivity index (χ1v) is 8.51. The first-order valence-electron chi connectivity index (χ1n) is 8.51. The molecule has 0 aliphatic carbocycles. The van der Waals surface area contributed by atoms with Gasteiger partial charge in [-0.05, 0) is 42.2 Å². The third kappa shape index (κ3) is 4.73. The van der Waals surface area contributed by atoms with Crippen LogP contribution >= 0.6 is 0 Å². The van der Waals surface area contributed by atoms with Gasteiger partial charge in [-0.2, -0.15) is 0 Å². The molecule has 0 aromatic heterocycles. The number of rotatable bonds is 7. The van der Waals surface area contributed by atoms with Gasteiger partial charge in [0.2, 0.25) is 0 Å². The number of hydrogen-bond donors (Lipinski definition) is 1. The van der Waals surface area contributed by atoms with Gasteiger partial charge in [0.1, 0.15) is 24.2 Å². The Kier molecular flexibility index (Phi) is 6.10. The molecule has 0 unspecified atom stereocenters. The van der Waals surface area contributed by atoms with Crippen LogP contribution in [0.4, 0.5) is 0 Å². The predicted molar refractivity (Wildman–Crippen MR) is 94.9 cm³/mol. The van der Waals surface area contributed by atoms with Crippen LogP contribution in [-0.4, -0.2) is 39.5 Å². The molecule has 1 fully saturated rings. The molecule has 1 saturated heterocycles. The van der Waals surface area contributed by atoms with Crippen molar-refractivity contribution in [2.75, 3.05) is 33.4 Å². The molecule has 2 aromatic carbocycles. The first kappa shape index (κ1) is 16.8. The van der Waals surface area contributed by atoms with Gasteiger partial charge in [0.15, 0.2) is 0 Å². The van der Waals surface area contributed by atoms with Crippen LogP contribution in [0.5, 0.6) is 11.5 Å². The molecule has 3 rings (SSSR count). The van der Waals surface area contributed by atoms with Gasteiger partial charge in [0, 0.05) is 13.1 Å². The zero-order valence-electron chi connectivity index (χ0n) is 14.2. The fraction of sp³-hybridized carbons (Fsp3) is 0.400. The summed E-state index contributed by atoms with van der Waals surface area (Å²) < 4.78 is 16.9. The van der Waals surface area contributed by atoms with Crippen LogP contribution in [-0.2, 0) is 17.6 Å². The summed E-state index contributed by atoms with van der Waals surface area (Å²) in [6.45, 7) is 3.13. The molecule has 1 aliphatic rings. The summed E-state index contributed by atoms with van der Waals surface area (Å²) in [5, 5.41) is 3.33. The molecule has 128 valence electrons. The summed E-state index contributed by atoms with van der Waals surface area (Å²) >= 11 is 0. The lowest BCUT2D eigenvalue weighted by atomic mass is 10.0. The number of morpholine rings is 1. The number of hydrogen-bond acceptors (Lipinski definition) is 4. The molecule has 2 aromatic rings. The van der Waals surface area contributed by atoms with Gasteiger partial charge in [0.25, 0.3) is 0 Å². The largest absolute Gasteiger partial charge is 0.497 e. The Morgan fingerprint density at radius 1 is 1.08 bits per heavy atom. The number of benzene rings is 2. The normalized spacial score (nSPS) is 17.5. The Labute approximate surface area is 143 Å². The quantitative estimate of drug-likeness (QED) is 0.849. The van der Waals surface area contributed by atoms with Crippen LogP contribution < -0.4 is 14.8 Å².